The summed E-state index contributed by atoms with van der Waals surface area (Å²) in [4.78, 5) is 40.5. The van der Waals surface area contributed by atoms with E-state index in [4.69, 9.17) is 4.74 Å². The normalized spacial score (nSPS) is 14.7. The third-order valence-electron chi connectivity index (χ3n) is 5.12. The lowest BCUT2D eigenvalue weighted by Crippen LogP contribution is -2.56. The zero-order valence-electron chi connectivity index (χ0n) is 17.1. The second kappa shape index (κ2) is 10.4. The van der Waals surface area contributed by atoms with E-state index in [9.17, 15) is 14.4 Å². The maximum Gasteiger partial charge on any atom is 0.408 e. The average molecular weight is 409 g/mol. The van der Waals surface area contributed by atoms with Crippen LogP contribution in [0.3, 0.4) is 0 Å². The molecule has 2 aromatic carbocycles. The Kier molecular flexibility index (Phi) is 7.43. The SMILES string of the molecule is CC(=O)N1CCN(C(=O)C(Cc2ccccc2)NC(=O)OCc2ccccc2)CC1. The van der Waals surface area contributed by atoms with Crippen LogP contribution >= 0.6 is 0 Å². The predicted octanol–water partition coefficient (Wildman–Crippen LogP) is 2.21. The highest BCUT2D eigenvalue weighted by Crippen LogP contribution is 2.10. The highest BCUT2D eigenvalue weighted by atomic mass is 16.5. The van der Waals surface area contributed by atoms with Gasteiger partial charge >= 0.3 is 6.09 Å². The summed E-state index contributed by atoms with van der Waals surface area (Å²) in [5.74, 6) is -0.163. The van der Waals surface area contributed by atoms with E-state index in [0.717, 1.165) is 11.1 Å². The first-order chi connectivity index (χ1) is 14.5. The zero-order chi connectivity index (χ0) is 21.3. The van der Waals surface area contributed by atoms with E-state index in [1.165, 1.54) is 6.92 Å². The van der Waals surface area contributed by atoms with Gasteiger partial charge in [0.25, 0.3) is 0 Å². The maximum absolute atomic E-state index is 13.1. The van der Waals surface area contributed by atoms with Crippen molar-refractivity contribution in [2.24, 2.45) is 0 Å². The molecule has 0 radical (unpaired) electrons. The summed E-state index contributed by atoms with van der Waals surface area (Å²) in [7, 11) is 0. The molecule has 1 heterocycles. The number of benzene rings is 2. The molecule has 1 N–H and O–H groups in total. The van der Waals surface area contributed by atoms with Crippen molar-refractivity contribution in [3.8, 4) is 0 Å². The van der Waals surface area contributed by atoms with Crippen molar-refractivity contribution >= 4 is 17.9 Å². The highest BCUT2D eigenvalue weighted by Gasteiger charge is 2.29. The van der Waals surface area contributed by atoms with Crippen molar-refractivity contribution in [1.29, 1.82) is 0 Å². The number of piperazine rings is 1. The van der Waals surface area contributed by atoms with Gasteiger partial charge in [0.1, 0.15) is 12.6 Å². The lowest BCUT2D eigenvalue weighted by Gasteiger charge is -2.36. The van der Waals surface area contributed by atoms with Crippen LogP contribution in [-0.2, 0) is 27.4 Å². The number of ether oxygens (including phenoxy) is 1. The first-order valence-corrected chi connectivity index (χ1v) is 10.1. The molecule has 0 spiro atoms. The minimum absolute atomic E-state index is 0.00514. The van der Waals surface area contributed by atoms with E-state index in [0.29, 0.717) is 32.6 Å². The van der Waals surface area contributed by atoms with Crippen LogP contribution in [0.4, 0.5) is 4.79 Å². The number of amides is 3. The molecule has 0 bridgehead atoms. The third-order valence-corrected chi connectivity index (χ3v) is 5.12. The molecular formula is C23H27N3O4. The molecule has 1 aliphatic rings. The lowest BCUT2D eigenvalue weighted by atomic mass is 10.0. The number of alkyl carbamates (subject to hydrolysis) is 1. The van der Waals surface area contributed by atoms with Crippen LogP contribution in [0.15, 0.2) is 60.7 Å². The van der Waals surface area contributed by atoms with Gasteiger partial charge in [0.15, 0.2) is 0 Å². The van der Waals surface area contributed by atoms with E-state index >= 15 is 0 Å². The Morgan fingerprint density at radius 3 is 1.97 bits per heavy atom. The van der Waals surface area contributed by atoms with Gasteiger partial charge in [0.05, 0.1) is 0 Å². The zero-order valence-corrected chi connectivity index (χ0v) is 17.1. The van der Waals surface area contributed by atoms with Gasteiger partial charge in [0, 0.05) is 39.5 Å². The number of rotatable bonds is 6. The monoisotopic (exact) mass is 409 g/mol. The van der Waals surface area contributed by atoms with Crippen molar-refractivity contribution < 1.29 is 19.1 Å². The summed E-state index contributed by atoms with van der Waals surface area (Å²) in [6, 6.07) is 18.2. The van der Waals surface area contributed by atoms with Gasteiger partial charge in [-0.2, -0.15) is 0 Å². The van der Waals surface area contributed by atoms with Crippen molar-refractivity contribution in [2.75, 3.05) is 26.2 Å². The molecule has 1 saturated heterocycles. The largest absolute Gasteiger partial charge is 0.445 e. The first-order valence-electron chi connectivity index (χ1n) is 10.1. The van der Waals surface area contributed by atoms with Crippen molar-refractivity contribution in [2.45, 2.75) is 26.0 Å². The predicted molar refractivity (Wildman–Crippen MR) is 113 cm³/mol. The molecule has 3 rings (SSSR count). The van der Waals surface area contributed by atoms with Crippen molar-refractivity contribution in [3.63, 3.8) is 0 Å². The van der Waals surface area contributed by atoms with Gasteiger partial charge in [-0.1, -0.05) is 60.7 Å². The van der Waals surface area contributed by atoms with E-state index in [-0.39, 0.29) is 18.4 Å². The summed E-state index contributed by atoms with van der Waals surface area (Å²) in [6.07, 6.45) is -0.261. The van der Waals surface area contributed by atoms with Crippen molar-refractivity contribution in [3.05, 3.63) is 71.8 Å². The number of carbonyl (C=O) groups is 3. The molecule has 2 aromatic rings. The molecule has 3 amide bonds. The van der Waals surface area contributed by atoms with Gasteiger partial charge in [-0.15, -0.1) is 0 Å². The fourth-order valence-electron chi connectivity index (χ4n) is 3.42. The summed E-state index contributed by atoms with van der Waals surface area (Å²) in [5.41, 5.74) is 1.82. The maximum atomic E-state index is 13.1. The molecular weight excluding hydrogens is 382 g/mol. The topological polar surface area (TPSA) is 79.0 Å². The Bertz CT molecular complexity index is 849. The Morgan fingerprint density at radius 1 is 0.867 bits per heavy atom. The molecule has 7 nitrogen and oxygen atoms in total. The molecule has 1 unspecified atom stereocenters. The molecule has 158 valence electrons. The molecule has 30 heavy (non-hydrogen) atoms. The van der Waals surface area contributed by atoms with Crippen LogP contribution in [0, 0.1) is 0 Å². The van der Waals surface area contributed by atoms with Gasteiger partial charge in [-0.05, 0) is 11.1 Å². The van der Waals surface area contributed by atoms with Crippen LogP contribution in [0.2, 0.25) is 0 Å². The Morgan fingerprint density at radius 2 is 1.40 bits per heavy atom. The van der Waals surface area contributed by atoms with Gasteiger partial charge in [-0.3, -0.25) is 9.59 Å². The fraction of sp³-hybridized carbons (Fsp3) is 0.348. The number of nitrogens with zero attached hydrogens (tertiary/aromatic N) is 2. The van der Waals surface area contributed by atoms with Crippen LogP contribution in [-0.4, -0.2) is 59.9 Å². The standard InChI is InChI=1S/C23H27N3O4/c1-18(27)25-12-14-26(15-13-25)22(28)21(16-19-8-4-2-5-9-19)24-23(29)30-17-20-10-6-3-7-11-20/h2-11,21H,12-17H2,1H3,(H,24,29). The minimum atomic E-state index is -0.737. The van der Waals surface area contributed by atoms with E-state index in [1.807, 2.05) is 60.7 Å². The smallest absolute Gasteiger partial charge is 0.408 e. The van der Waals surface area contributed by atoms with Gasteiger partial charge in [0.2, 0.25) is 11.8 Å². The summed E-state index contributed by atoms with van der Waals surface area (Å²) in [6.45, 7) is 3.56. The lowest BCUT2D eigenvalue weighted by molar-refractivity contribution is -0.139. The van der Waals surface area contributed by atoms with E-state index < -0.39 is 12.1 Å². The Balaban J connectivity index is 1.63. The van der Waals surface area contributed by atoms with Crippen LogP contribution in [0.5, 0.6) is 0 Å². The summed E-state index contributed by atoms with van der Waals surface area (Å²) >= 11 is 0. The fourth-order valence-corrected chi connectivity index (χ4v) is 3.42. The van der Waals surface area contributed by atoms with Crippen molar-refractivity contribution in [1.82, 2.24) is 15.1 Å². The average Bonchev–Trinajstić information content (AvgIpc) is 2.78. The number of hydrogen-bond donors (Lipinski definition) is 1. The quantitative estimate of drug-likeness (QED) is 0.794. The third kappa shape index (κ3) is 6.07. The Hall–Kier alpha value is -3.35. The van der Waals surface area contributed by atoms with E-state index in [1.54, 1.807) is 9.80 Å². The van der Waals surface area contributed by atoms with Crippen LogP contribution in [0.25, 0.3) is 0 Å². The minimum Gasteiger partial charge on any atom is -0.445 e. The number of hydrogen-bond acceptors (Lipinski definition) is 4. The second-order valence-electron chi connectivity index (χ2n) is 7.28. The van der Waals surface area contributed by atoms with Gasteiger partial charge < -0.3 is 19.9 Å². The molecule has 0 saturated carbocycles. The second-order valence-corrected chi connectivity index (χ2v) is 7.28. The molecule has 1 fully saturated rings. The number of carbonyl (C=O) groups excluding carboxylic acids is 3. The molecule has 7 heteroatoms. The molecule has 0 aliphatic carbocycles. The molecule has 0 aromatic heterocycles. The van der Waals surface area contributed by atoms with Gasteiger partial charge in [-0.25, -0.2) is 4.79 Å². The van der Waals surface area contributed by atoms with Crippen LogP contribution in [0.1, 0.15) is 18.1 Å². The number of nitrogens with one attached hydrogen (secondary N) is 1. The molecule has 1 atom stereocenters. The van der Waals surface area contributed by atoms with E-state index in [2.05, 4.69) is 5.32 Å². The summed E-state index contributed by atoms with van der Waals surface area (Å²) in [5, 5.41) is 2.73. The Labute approximate surface area is 176 Å². The first kappa shape index (κ1) is 21.4. The molecule has 1 aliphatic heterocycles. The highest BCUT2D eigenvalue weighted by molar-refractivity contribution is 5.86. The van der Waals surface area contributed by atoms with Crippen LogP contribution < -0.4 is 5.32 Å². The summed E-state index contributed by atoms with van der Waals surface area (Å²) < 4.78 is 5.31.